The minimum atomic E-state index is -1.12. The third-order valence-electron chi connectivity index (χ3n) is 5.77. The average Bonchev–Trinajstić information content (AvgIpc) is 2.81. The molecule has 0 rings (SSSR count). The van der Waals surface area contributed by atoms with Gasteiger partial charge in [-0.25, -0.2) is 0 Å². The van der Waals surface area contributed by atoms with Gasteiger partial charge in [0.05, 0.1) is 40.3 Å². The summed E-state index contributed by atoms with van der Waals surface area (Å²) in [5.41, 5.74) is 0. The van der Waals surface area contributed by atoms with E-state index in [1.54, 1.807) is 21.1 Å². The number of carboxylic acids is 1. The van der Waals surface area contributed by atoms with Gasteiger partial charge in [-0.05, 0) is 38.5 Å². The van der Waals surface area contributed by atoms with E-state index in [4.69, 9.17) is 9.47 Å². The van der Waals surface area contributed by atoms with Crippen molar-refractivity contribution in [1.29, 1.82) is 0 Å². The molecule has 0 heterocycles. The highest BCUT2D eigenvalue weighted by Crippen LogP contribution is 2.10. The molecule has 1 N–H and O–H groups in total. The number of likely N-dealkylation sites (N-methyl/N-ethyl adjacent to an activating group) is 1. The van der Waals surface area contributed by atoms with E-state index in [0.29, 0.717) is 6.42 Å². The van der Waals surface area contributed by atoms with E-state index in [1.807, 2.05) is 0 Å². The molecule has 0 amide bonds. The second-order valence-corrected chi connectivity index (χ2v) is 10.1. The third-order valence-corrected chi connectivity index (χ3v) is 5.77. The number of hydrogen-bond donors (Lipinski definition) is 1. The largest absolute Gasteiger partial charge is 0.544 e. The number of rotatable bonds is 23. The predicted molar refractivity (Wildman–Crippen MR) is 143 cm³/mol. The molecule has 0 aromatic heterocycles. The number of ether oxygens (including phenoxy) is 2. The Bertz CT molecular complexity index is 651. The number of carbonyl (C=O) groups excluding carboxylic acids is 2. The van der Waals surface area contributed by atoms with Gasteiger partial charge in [-0.3, -0.25) is 4.79 Å². The molecule has 36 heavy (non-hydrogen) atoms. The third kappa shape index (κ3) is 21.3. The van der Waals surface area contributed by atoms with Crippen LogP contribution >= 0.6 is 0 Å². The van der Waals surface area contributed by atoms with Crippen LogP contribution in [0, 0.1) is 0 Å². The molecule has 7 nitrogen and oxygen atoms in total. The second-order valence-electron chi connectivity index (χ2n) is 10.1. The minimum Gasteiger partial charge on any atom is -0.544 e. The van der Waals surface area contributed by atoms with Crippen LogP contribution in [-0.4, -0.2) is 74.6 Å². The number of esters is 1. The Hall–Kier alpha value is -1.96. The number of aliphatic carboxylic acids is 1. The van der Waals surface area contributed by atoms with Crippen molar-refractivity contribution in [2.24, 2.45) is 0 Å². The van der Waals surface area contributed by atoms with Gasteiger partial charge in [-0.2, -0.15) is 0 Å². The van der Waals surface area contributed by atoms with Gasteiger partial charge in [-0.15, -0.1) is 0 Å². The number of unbranched alkanes of at least 4 members (excludes halogenated alkanes) is 6. The van der Waals surface area contributed by atoms with Crippen LogP contribution in [0.2, 0.25) is 0 Å². The van der Waals surface area contributed by atoms with Gasteiger partial charge >= 0.3 is 5.97 Å². The Morgan fingerprint density at radius 2 is 1.44 bits per heavy atom. The highest BCUT2D eigenvalue weighted by Gasteiger charge is 2.24. The quantitative estimate of drug-likeness (QED) is 0.0964. The van der Waals surface area contributed by atoms with Crippen LogP contribution in [-0.2, 0) is 19.1 Å². The highest BCUT2D eigenvalue weighted by molar-refractivity contribution is 5.69. The van der Waals surface area contributed by atoms with Crippen molar-refractivity contribution >= 4 is 11.9 Å². The molecule has 2 atom stereocenters. The molecule has 0 fully saturated rings. The number of nitrogens with zero attached hydrogens (tertiary/aromatic N) is 1. The summed E-state index contributed by atoms with van der Waals surface area (Å²) in [5.74, 6) is -1.43. The maximum atomic E-state index is 11.8. The lowest BCUT2D eigenvalue weighted by molar-refractivity contribution is -0.889. The maximum absolute atomic E-state index is 11.8. The minimum absolute atomic E-state index is 0.00722. The molecule has 0 bridgehead atoms. The molecule has 2 unspecified atom stereocenters. The number of carboxylic acid groups (broad SMARTS) is 1. The number of aliphatic hydroxyl groups is 1. The average molecular weight is 510 g/mol. The van der Waals surface area contributed by atoms with Gasteiger partial charge in [0.1, 0.15) is 18.8 Å². The summed E-state index contributed by atoms with van der Waals surface area (Å²) in [7, 11) is 5.34. The molecular weight excluding hydrogens is 458 g/mol. The van der Waals surface area contributed by atoms with Gasteiger partial charge in [-0.1, -0.05) is 69.1 Å². The van der Waals surface area contributed by atoms with E-state index in [1.165, 1.54) is 19.3 Å². The van der Waals surface area contributed by atoms with Crippen molar-refractivity contribution in [2.75, 3.05) is 41.0 Å². The monoisotopic (exact) mass is 509 g/mol. The fourth-order valence-corrected chi connectivity index (χ4v) is 3.61. The molecule has 0 aliphatic heterocycles. The molecule has 0 saturated heterocycles. The molecule has 0 spiro atoms. The summed E-state index contributed by atoms with van der Waals surface area (Å²) in [6.45, 7) is 2.21. The zero-order valence-electron chi connectivity index (χ0n) is 23.2. The number of hydrogen-bond acceptors (Lipinski definition) is 6. The number of allylic oxidation sites excluding steroid dienone is 6. The summed E-state index contributed by atoms with van der Waals surface area (Å²) in [5, 5.41) is 21.1. The second kappa shape index (κ2) is 22.3. The molecule has 0 aromatic carbocycles. The van der Waals surface area contributed by atoms with Gasteiger partial charge in [0, 0.05) is 12.8 Å². The lowest BCUT2D eigenvalue weighted by Crippen LogP contribution is -2.55. The zero-order valence-corrected chi connectivity index (χ0v) is 23.2. The van der Waals surface area contributed by atoms with Crippen LogP contribution in [0.4, 0.5) is 0 Å². The predicted octanol–water partition coefficient (Wildman–Crippen LogP) is 4.10. The molecular formula is C29H51NO6. The number of carbonyl (C=O) groups is 2. The van der Waals surface area contributed by atoms with Crippen molar-refractivity contribution in [3.05, 3.63) is 36.5 Å². The van der Waals surface area contributed by atoms with Crippen molar-refractivity contribution < 1.29 is 33.8 Å². The van der Waals surface area contributed by atoms with Gasteiger partial charge < -0.3 is 29.0 Å². The highest BCUT2D eigenvalue weighted by atomic mass is 16.5. The van der Waals surface area contributed by atoms with Crippen molar-refractivity contribution in [3.63, 3.8) is 0 Å². The molecule has 0 aliphatic rings. The van der Waals surface area contributed by atoms with Crippen molar-refractivity contribution in [1.82, 2.24) is 0 Å². The first-order valence-electron chi connectivity index (χ1n) is 13.6. The number of quaternary nitrogens is 1. The molecule has 0 radical (unpaired) electrons. The Labute approximate surface area is 219 Å². The molecule has 208 valence electrons. The molecule has 7 heteroatoms. The van der Waals surface area contributed by atoms with Crippen LogP contribution in [0.15, 0.2) is 36.5 Å². The molecule has 0 aliphatic carbocycles. The fraction of sp³-hybridized carbons (Fsp3) is 0.724. The van der Waals surface area contributed by atoms with E-state index < -0.39 is 18.1 Å². The van der Waals surface area contributed by atoms with Crippen LogP contribution in [0.3, 0.4) is 0 Å². The van der Waals surface area contributed by atoms with Crippen molar-refractivity contribution in [3.8, 4) is 0 Å². The van der Waals surface area contributed by atoms with E-state index in [9.17, 15) is 19.8 Å². The Morgan fingerprint density at radius 3 is 2.06 bits per heavy atom. The summed E-state index contributed by atoms with van der Waals surface area (Å²) in [6.07, 6.45) is 23.7. The first-order valence-corrected chi connectivity index (χ1v) is 13.6. The van der Waals surface area contributed by atoms with Gasteiger partial charge in [0.15, 0.2) is 0 Å². The summed E-state index contributed by atoms with van der Waals surface area (Å²) < 4.78 is 10.7. The van der Waals surface area contributed by atoms with E-state index in [0.717, 1.165) is 44.9 Å². The lowest BCUT2D eigenvalue weighted by Gasteiger charge is -2.34. The lowest BCUT2D eigenvalue weighted by atomic mass is 10.1. The van der Waals surface area contributed by atoms with E-state index in [2.05, 4.69) is 43.4 Å². The fourth-order valence-electron chi connectivity index (χ4n) is 3.61. The Kier molecular flexibility index (Phi) is 21.0. The van der Waals surface area contributed by atoms with Crippen LogP contribution in [0.25, 0.3) is 0 Å². The summed E-state index contributed by atoms with van der Waals surface area (Å²) in [6, 6.07) is -0.688. The zero-order chi connectivity index (χ0) is 27.1. The van der Waals surface area contributed by atoms with E-state index in [-0.39, 0.29) is 36.7 Å². The Morgan fingerprint density at radius 1 is 0.861 bits per heavy atom. The van der Waals surface area contributed by atoms with Crippen molar-refractivity contribution in [2.45, 2.75) is 96.1 Å². The first kappa shape index (κ1) is 34.0. The van der Waals surface area contributed by atoms with E-state index >= 15 is 0 Å². The molecule has 0 saturated carbocycles. The van der Waals surface area contributed by atoms with Gasteiger partial charge in [0.2, 0.25) is 0 Å². The summed E-state index contributed by atoms with van der Waals surface area (Å²) in [4.78, 5) is 23.0. The van der Waals surface area contributed by atoms with Crippen LogP contribution in [0.5, 0.6) is 0 Å². The van der Waals surface area contributed by atoms with Crippen LogP contribution < -0.4 is 5.11 Å². The normalized spacial score (nSPS) is 14.1. The topological polar surface area (TPSA) is 95.9 Å². The molecule has 0 aromatic rings. The summed E-state index contributed by atoms with van der Waals surface area (Å²) >= 11 is 0. The van der Waals surface area contributed by atoms with Crippen LogP contribution in [0.1, 0.15) is 84.0 Å². The first-order chi connectivity index (χ1) is 17.2. The standard InChI is InChI=1S/C29H51NO6/c1-5-6-7-8-9-10-11-12-13-14-15-16-17-18-19-20-21-28(32)36-25-26(31)24-35-23-22-27(29(33)34)30(2,3)4/h6-7,9-10,12-13,26-27,31H,5,8,11,14-25H2,1-4H3/b7-6+,10-9+,13-12+. The van der Waals surface area contributed by atoms with Gasteiger partial charge in [0.25, 0.3) is 0 Å². The Balaban J connectivity index is 3.61. The smallest absolute Gasteiger partial charge is 0.305 e. The maximum Gasteiger partial charge on any atom is 0.305 e. The number of aliphatic hydroxyl groups excluding tert-OH is 1. The SMILES string of the molecule is CC/C=C/C/C=C/C/C=C/CCCCCCCCC(=O)OCC(O)COCCC(C(=O)[O-])[N+](C)(C)C.